The summed E-state index contributed by atoms with van der Waals surface area (Å²) in [5.41, 5.74) is 9.76. The predicted octanol–water partition coefficient (Wildman–Crippen LogP) is 3.25. The molecule has 0 saturated heterocycles. The SMILES string of the molecule is COc1ccccc1C1CC(N)c2ccccc2N1. The Hall–Kier alpha value is -2.00. The van der Waals surface area contributed by atoms with E-state index in [2.05, 4.69) is 23.5 Å². The number of nitrogens with one attached hydrogen (secondary N) is 1. The van der Waals surface area contributed by atoms with E-state index in [0.29, 0.717) is 0 Å². The molecule has 3 rings (SSSR count). The van der Waals surface area contributed by atoms with Crippen molar-refractivity contribution >= 4 is 5.69 Å². The van der Waals surface area contributed by atoms with Gasteiger partial charge in [0.1, 0.15) is 5.75 Å². The first-order valence-electron chi connectivity index (χ1n) is 6.53. The summed E-state index contributed by atoms with van der Waals surface area (Å²) >= 11 is 0. The van der Waals surface area contributed by atoms with Crippen LogP contribution >= 0.6 is 0 Å². The Morgan fingerprint density at radius 1 is 1.05 bits per heavy atom. The minimum Gasteiger partial charge on any atom is -0.496 e. The summed E-state index contributed by atoms with van der Waals surface area (Å²) in [6.07, 6.45) is 0.872. The molecule has 3 nitrogen and oxygen atoms in total. The molecule has 0 aromatic heterocycles. The largest absolute Gasteiger partial charge is 0.496 e. The van der Waals surface area contributed by atoms with Gasteiger partial charge < -0.3 is 15.8 Å². The summed E-state index contributed by atoms with van der Waals surface area (Å²) < 4.78 is 5.44. The molecule has 2 atom stereocenters. The van der Waals surface area contributed by atoms with E-state index in [1.165, 1.54) is 5.56 Å². The van der Waals surface area contributed by atoms with Crippen LogP contribution in [0.5, 0.6) is 5.75 Å². The highest BCUT2D eigenvalue weighted by molar-refractivity contribution is 5.57. The van der Waals surface area contributed by atoms with Crippen LogP contribution in [0.2, 0.25) is 0 Å². The first-order chi connectivity index (χ1) is 9.29. The van der Waals surface area contributed by atoms with E-state index < -0.39 is 0 Å². The van der Waals surface area contributed by atoms with Crippen molar-refractivity contribution in [2.24, 2.45) is 5.73 Å². The summed E-state index contributed by atoms with van der Waals surface area (Å²) in [6, 6.07) is 16.6. The first-order valence-corrected chi connectivity index (χ1v) is 6.53. The van der Waals surface area contributed by atoms with Gasteiger partial charge in [0.25, 0.3) is 0 Å². The number of hydrogen-bond donors (Lipinski definition) is 2. The lowest BCUT2D eigenvalue weighted by atomic mass is 9.89. The van der Waals surface area contributed by atoms with Gasteiger partial charge in [-0.05, 0) is 24.1 Å². The second-order valence-electron chi connectivity index (χ2n) is 4.87. The Bertz CT molecular complexity index is 582. The Labute approximate surface area is 113 Å². The zero-order valence-corrected chi connectivity index (χ0v) is 11.0. The lowest BCUT2D eigenvalue weighted by Crippen LogP contribution is -2.26. The molecule has 0 aliphatic carbocycles. The van der Waals surface area contributed by atoms with Crippen LogP contribution in [0, 0.1) is 0 Å². The summed E-state index contributed by atoms with van der Waals surface area (Å²) in [6.45, 7) is 0. The molecule has 0 bridgehead atoms. The average Bonchev–Trinajstić information content (AvgIpc) is 2.47. The molecule has 1 heterocycles. The van der Waals surface area contributed by atoms with Crippen molar-refractivity contribution in [3.05, 3.63) is 59.7 Å². The number of ether oxygens (including phenoxy) is 1. The second kappa shape index (κ2) is 4.94. The number of hydrogen-bond acceptors (Lipinski definition) is 3. The highest BCUT2D eigenvalue weighted by atomic mass is 16.5. The van der Waals surface area contributed by atoms with Gasteiger partial charge in [0.15, 0.2) is 0 Å². The van der Waals surface area contributed by atoms with Crippen molar-refractivity contribution in [2.45, 2.75) is 18.5 Å². The van der Waals surface area contributed by atoms with Crippen molar-refractivity contribution in [1.29, 1.82) is 0 Å². The standard InChI is InChI=1S/C16H18N2O/c1-19-16-9-5-3-7-12(16)15-10-13(17)11-6-2-4-8-14(11)18-15/h2-9,13,15,18H,10,17H2,1H3. The molecular formula is C16H18N2O. The second-order valence-corrected chi connectivity index (χ2v) is 4.87. The molecule has 2 aromatic carbocycles. The van der Waals surface area contributed by atoms with E-state index in [1.807, 2.05) is 30.3 Å². The topological polar surface area (TPSA) is 47.3 Å². The molecule has 19 heavy (non-hydrogen) atoms. The minimum absolute atomic E-state index is 0.0624. The van der Waals surface area contributed by atoms with Gasteiger partial charge in [-0.25, -0.2) is 0 Å². The fourth-order valence-corrected chi connectivity index (χ4v) is 2.74. The van der Waals surface area contributed by atoms with Crippen LogP contribution < -0.4 is 15.8 Å². The van der Waals surface area contributed by atoms with E-state index >= 15 is 0 Å². The van der Waals surface area contributed by atoms with Crippen LogP contribution in [0.3, 0.4) is 0 Å². The normalized spacial score (nSPS) is 21.4. The highest BCUT2D eigenvalue weighted by Gasteiger charge is 2.26. The molecule has 2 unspecified atom stereocenters. The molecule has 0 amide bonds. The number of fused-ring (bicyclic) bond motifs is 1. The van der Waals surface area contributed by atoms with E-state index in [4.69, 9.17) is 10.5 Å². The fourth-order valence-electron chi connectivity index (χ4n) is 2.74. The van der Waals surface area contributed by atoms with Crippen LogP contribution in [0.15, 0.2) is 48.5 Å². The van der Waals surface area contributed by atoms with E-state index in [9.17, 15) is 0 Å². The molecule has 3 heteroatoms. The number of para-hydroxylation sites is 2. The van der Waals surface area contributed by atoms with Crippen LogP contribution in [-0.4, -0.2) is 7.11 Å². The van der Waals surface area contributed by atoms with E-state index in [-0.39, 0.29) is 12.1 Å². The average molecular weight is 254 g/mol. The van der Waals surface area contributed by atoms with Crippen LogP contribution in [0.25, 0.3) is 0 Å². The highest BCUT2D eigenvalue weighted by Crippen LogP contribution is 2.39. The number of anilines is 1. The Morgan fingerprint density at radius 3 is 2.53 bits per heavy atom. The molecular weight excluding hydrogens is 236 g/mol. The van der Waals surface area contributed by atoms with Gasteiger partial charge in [-0.2, -0.15) is 0 Å². The summed E-state index contributed by atoms with van der Waals surface area (Å²) in [5, 5.41) is 3.56. The maximum absolute atomic E-state index is 6.28. The van der Waals surface area contributed by atoms with Gasteiger partial charge >= 0.3 is 0 Å². The quantitative estimate of drug-likeness (QED) is 0.864. The van der Waals surface area contributed by atoms with Crippen LogP contribution in [0.4, 0.5) is 5.69 Å². The van der Waals surface area contributed by atoms with Gasteiger partial charge in [0.2, 0.25) is 0 Å². The summed E-state index contributed by atoms with van der Waals surface area (Å²) in [5.74, 6) is 0.909. The Balaban J connectivity index is 1.97. The lowest BCUT2D eigenvalue weighted by molar-refractivity contribution is 0.403. The fraction of sp³-hybridized carbons (Fsp3) is 0.250. The molecule has 2 aromatic rings. The molecule has 0 fully saturated rings. The van der Waals surface area contributed by atoms with E-state index in [1.54, 1.807) is 7.11 Å². The van der Waals surface area contributed by atoms with Crippen molar-refractivity contribution in [3.8, 4) is 5.75 Å². The smallest absolute Gasteiger partial charge is 0.124 e. The van der Waals surface area contributed by atoms with Gasteiger partial charge in [-0.1, -0.05) is 36.4 Å². The molecule has 0 spiro atoms. The lowest BCUT2D eigenvalue weighted by Gasteiger charge is -2.32. The van der Waals surface area contributed by atoms with Crippen molar-refractivity contribution in [3.63, 3.8) is 0 Å². The van der Waals surface area contributed by atoms with Crippen molar-refractivity contribution in [1.82, 2.24) is 0 Å². The van der Waals surface area contributed by atoms with Gasteiger partial charge in [0, 0.05) is 17.3 Å². The number of rotatable bonds is 2. The molecule has 0 saturated carbocycles. The van der Waals surface area contributed by atoms with E-state index in [0.717, 1.165) is 23.4 Å². The van der Waals surface area contributed by atoms with Gasteiger partial charge in [-0.15, -0.1) is 0 Å². The zero-order valence-electron chi connectivity index (χ0n) is 11.0. The molecule has 3 N–H and O–H groups in total. The van der Waals surface area contributed by atoms with Gasteiger partial charge in [0.05, 0.1) is 13.2 Å². The first kappa shape index (κ1) is 12.1. The molecule has 1 aliphatic heterocycles. The number of benzene rings is 2. The number of methoxy groups -OCH3 is 1. The Morgan fingerprint density at radius 2 is 1.74 bits per heavy atom. The third-order valence-electron chi connectivity index (χ3n) is 3.69. The summed E-state index contributed by atoms with van der Waals surface area (Å²) in [7, 11) is 1.70. The van der Waals surface area contributed by atoms with Gasteiger partial charge in [-0.3, -0.25) is 0 Å². The molecule has 98 valence electrons. The molecule has 0 radical (unpaired) electrons. The maximum Gasteiger partial charge on any atom is 0.124 e. The monoisotopic (exact) mass is 254 g/mol. The maximum atomic E-state index is 6.28. The molecule has 1 aliphatic rings. The zero-order chi connectivity index (χ0) is 13.2. The number of nitrogens with two attached hydrogens (primary N) is 1. The summed E-state index contributed by atoms with van der Waals surface area (Å²) in [4.78, 5) is 0. The Kier molecular flexibility index (Phi) is 3.13. The minimum atomic E-state index is 0.0624. The third-order valence-corrected chi connectivity index (χ3v) is 3.69. The van der Waals surface area contributed by atoms with Crippen molar-refractivity contribution in [2.75, 3.05) is 12.4 Å². The van der Waals surface area contributed by atoms with Crippen LogP contribution in [0.1, 0.15) is 29.6 Å². The third kappa shape index (κ3) is 2.17. The van der Waals surface area contributed by atoms with Crippen molar-refractivity contribution < 1.29 is 4.74 Å². The van der Waals surface area contributed by atoms with Crippen LogP contribution in [-0.2, 0) is 0 Å². The predicted molar refractivity (Wildman–Crippen MR) is 77.3 cm³/mol.